The molecule has 4 amide bonds. The number of hydrogen-bond donors (Lipinski definition) is 7. The summed E-state index contributed by atoms with van der Waals surface area (Å²) in [6, 6.07) is -3.47. The molecule has 0 aromatic carbocycles. The number of unbranched alkanes of at least 4 members (excludes halogenated alkanes) is 5. The molecular formula is C27H44N4O7. The van der Waals surface area contributed by atoms with Crippen LogP contribution in [0.2, 0.25) is 0 Å². The zero-order valence-corrected chi connectivity index (χ0v) is 22.4. The molecule has 0 saturated heterocycles. The molecule has 0 aromatic heterocycles. The van der Waals surface area contributed by atoms with Gasteiger partial charge >= 0.3 is 0 Å². The van der Waals surface area contributed by atoms with Crippen molar-refractivity contribution in [2.75, 3.05) is 13.2 Å². The Morgan fingerprint density at radius 3 is 2.61 bits per heavy atom. The van der Waals surface area contributed by atoms with Crippen molar-refractivity contribution >= 4 is 23.6 Å². The Bertz CT molecular complexity index is 841. The van der Waals surface area contributed by atoms with Crippen molar-refractivity contribution in [3.8, 4) is 0 Å². The van der Waals surface area contributed by atoms with Crippen molar-refractivity contribution in [1.82, 2.24) is 21.3 Å². The molecule has 0 fully saturated rings. The number of aliphatic hydroxyl groups excluding tert-OH is 3. The van der Waals surface area contributed by atoms with E-state index in [-0.39, 0.29) is 19.4 Å². The Morgan fingerprint density at radius 2 is 1.92 bits per heavy atom. The molecule has 1 aliphatic rings. The predicted octanol–water partition coefficient (Wildman–Crippen LogP) is 0.114. The predicted molar refractivity (Wildman–Crippen MR) is 144 cm³/mol. The second-order valence-corrected chi connectivity index (χ2v) is 9.40. The third kappa shape index (κ3) is 14.1. The van der Waals surface area contributed by atoms with Crippen LogP contribution in [-0.2, 0) is 19.2 Å². The van der Waals surface area contributed by atoms with Crippen LogP contribution in [0.3, 0.4) is 0 Å². The Labute approximate surface area is 224 Å². The van der Waals surface area contributed by atoms with Crippen LogP contribution in [0.4, 0.5) is 0 Å². The first-order chi connectivity index (χ1) is 18.2. The summed E-state index contributed by atoms with van der Waals surface area (Å²) >= 11 is 0. The van der Waals surface area contributed by atoms with E-state index in [2.05, 4.69) is 28.2 Å². The summed E-state index contributed by atoms with van der Waals surface area (Å²) in [4.78, 5) is 49.8. The minimum absolute atomic E-state index is 0.135. The Balaban J connectivity index is 2.77. The SMILES string of the molecule is CCCCCCC/C=C\C=C\C(=O)N[C@H](C(=O)N[C@@H]1C[C@@H](O)CCNC(=O)/C=C\[C@@H](CO)NC1=O)[C@@H](C)O. The standard InChI is InChI=1S/C27H44N4O7/c1-3-4-5-6-7-8-9-10-11-12-24(36)31-25(19(2)33)27(38)30-22-17-21(34)15-16-28-23(35)14-13-20(18-32)29-26(22)37/h9-14,19-22,25,32-34H,3-8,15-18H2,1-2H3,(H,28,35)(H,29,37)(H,30,38)(H,31,36)/b10-9-,12-11+,14-13-/t19-,20+,21+,22-,25+/m1/s1. The molecule has 11 nitrogen and oxygen atoms in total. The number of carbonyl (C=O) groups is 4. The first-order valence-electron chi connectivity index (χ1n) is 13.3. The Kier molecular flexibility index (Phi) is 16.6. The summed E-state index contributed by atoms with van der Waals surface area (Å²) in [5.41, 5.74) is 0. The van der Waals surface area contributed by atoms with E-state index < -0.39 is 60.6 Å². The summed E-state index contributed by atoms with van der Waals surface area (Å²) in [5, 5.41) is 39.9. The summed E-state index contributed by atoms with van der Waals surface area (Å²) in [5.74, 6) is -2.54. The van der Waals surface area contributed by atoms with Gasteiger partial charge in [0, 0.05) is 25.1 Å². The number of carbonyl (C=O) groups excluding carboxylic acids is 4. The van der Waals surface area contributed by atoms with Gasteiger partial charge in [-0.3, -0.25) is 19.2 Å². The lowest BCUT2D eigenvalue weighted by molar-refractivity contribution is -0.134. The van der Waals surface area contributed by atoms with Crippen LogP contribution in [0.15, 0.2) is 36.5 Å². The maximum Gasteiger partial charge on any atom is 0.245 e. The quantitative estimate of drug-likeness (QED) is 0.0992. The van der Waals surface area contributed by atoms with Gasteiger partial charge in [0.15, 0.2) is 0 Å². The fourth-order valence-corrected chi connectivity index (χ4v) is 3.74. The maximum atomic E-state index is 12.9. The third-order valence-electron chi connectivity index (χ3n) is 5.95. The van der Waals surface area contributed by atoms with Crippen LogP contribution in [0, 0.1) is 0 Å². The summed E-state index contributed by atoms with van der Waals surface area (Å²) < 4.78 is 0. The lowest BCUT2D eigenvalue weighted by Gasteiger charge is -2.27. The largest absolute Gasteiger partial charge is 0.394 e. The molecule has 0 bridgehead atoms. The smallest absolute Gasteiger partial charge is 0.245 e. The number of nitrogens with one attached hydrogen (secondary N) is 4. The molecule has 38 heavy (non-hydrogen) atoms. The zero-order valence-electron chi connectivity index (χ0n) is 22.4. The van der Waals surface area contributed by atoms with Gasteiger partial charge in [-0.15, -0.1) is 0 Å². The molecule has 0 aromatic rings. The molecule has 0 spiro atoms. The number of allylic oxidation sites excluding steroid dienone is 3. The van der Waals surface area contributed by atoms with Gasteiger partial charge in [-0.05, 0) is 26.2 Å². The molecule has 5 atom stereocenters. The average Bonchev–Trinajstić information content (AvgIpc) is 2.87. The molecule has 11 heteroatoms. The molecule has 214 valence electrons. The van der Waals surface area contributed by atoms with Gasteiger partial charge in [-0.2, -0.15) is 0 Å². The highest BCUT2D eigenvalue weighted by molar-refractivity contribution is 5.95. The van der Waals surface area contributed by atoms with E-state index >= 15 is 0 Å². The normalized spacial score (nSPS) is 23.6. The molecule has 1 rings (SSSR count). The molecular weight excluding hydrogens is 492 g/mol. The summed E-state index contributed by atoms with van der Waals surface area (Å²) in [6.07, 6.45) is 13.4. The molecule has 0 aliphatic carbocycles. The number of amides is 4. The summed E-state index contributed by atoms with van der Waals surface area (Å²) in [7, 11) is 0. The van der Waals surface area contributed by atoms with E-state index in [4.69, 9.17) is 0 Å². The van der Waals surface area contributed by atoms with Gasteiger partial charge in [-0.1, -0.05) is 56.9 Å². The van der Waals surface area contributed by atoms with Gasteiger partial charge in [0.1, 0.15) is 12.1 Å². The first kappa shape index (κ1) is 33.0. The van der Waals surface area contributed by atoms with Crippen molar-refractivity contribution in [3.05, 3.63) is 36.5 Å². The molecule has 1 aliphatic heterocycles. The lowest BCUT2D eigenvalue weighted by atomic mass is 10.0. The third-order valence-corrected chi connectivity index (χ3v) is 5.95. The number of rotatable bonds is 13. The van der Waals surface area contributed by atoms with Gasteiger partial charge < -0.3 is 36.6 Å². The Hall–Kier alpha value is -3.02. The molecule has 0 unspecified atom stereocenters. The van der Waals surface area contributed by atoms with Gasteiger partial charge in [0.25, 0.3) is 0 Å². The van der Waals surface area contributed by atoms with E-state index in [9.17, 15) is 34.5 Å². The monoisotopic (exact) mass is 536 g/mol. The minimum Gasteiger partial charge on any atom is -0.394 e. The maximum absolute atomic E-state index is 12.9. The molecule has 0 radical (unpaired) electrons. The number of aliphatic hydroxyl groups is 3. The van der Waals surface area contributed by atoms with Crippen molar-refractivity contribution < 1.29 is 34.5 Å². The molecule has 1 heterocycles. The second kappa shape index (κ2) is 19.1. The fourth-order valence-electron chi connectivity index (χ4n) is 3.74. The molecule has 0 saturated carbocycles. The van der Waals surface area contributed by atoms with Crippen molar-refractivity contribution in [2.24, 2.45) is 0 Å². The van der Waals surface area contributed by atoms with Crippen LogP contribution >= 0.6 is 0 Å². The van der Waals surface area contributed by atoms with E-state index in [0.29, 0.717) is 0 Å². The highest BCUT2D eigenvalue weighted by atomic mass is 16.3. The van der Waals surface area contributed by atoms with Crippen LogP contribution in [0.1, 0.15) is 65.2 Å². The average molecular weight is 537 g/mol. The van der Waals surface area contributed by atoms with Gasteiger partial charge in [0.05, 0.1) is 24.9 Å². The number of hydrogen-bond acceptors (Lipinski definition) is 7. The first-order valence-corrected chi connectivity index (χ1v) is 13.3. The van der Waals surface area contributed by atoms with Gasteiger partial charge in [0.2, 0.25) is 23.6 Å². The lowest BCUT2D eigenvalue weighted by Crippen LogP contribution is -2.58. The minimum atomic E-state index is -1.35. The van der Waals surface area contributed by atoms with E-state index in [0.717, 1.165) is 25.3 Å². The van der Waals surface area contributed by atoms with Crippen LogP contribution < -0.4 is 21.3 Å². The second-order valence-electron chi connectivity index (χ2n) is 9.40. The van der Waals surface area contributed by atoms with Crippen LogP contribution in [-0.4, -0.2) is 82.4 Å². The van der Waals surface area contributed by atoms with Crippen molar-refractivity contribution in [3.63, 3.8) is 0 Å². The molecule has 7 N–H and O–H groups in total. The zero-order chi connectivity index (χ0) is 28.3. The highest BCUT2D eigenvalue weighted by Crippen LogP contribution is 2.07. The van der Waals surface area contributed by atoms with Crippen LogP contribution in [0.25, 0.3) is 0 Å². The van der Waals surface area contributed by atoms with E-state index in [1.165, 1.54) is 38.3 Å². The Morgan fingerprint density at radius 1 is 1.18 bits per heavy atom. The summed E-state index contributed by atoms with van der Waals surface area (Å²) in [6.45, 7) is 3.14. The van der Waals surface area contributed by atoms with E-state index in [1.54, 1.807) is 12.2 Å². The topological polar surface area (TPSA) is 177 Å². The van der Waals surface area contributed by atoms with Crippen molar-refractivity contribution in [2.45, 2.75) is 95.5 Å². The van der Waals surface area contributed by atoms with Gasteiger partial charge in [-0.25, -0.2) is 0 Å². The fraction of sp³-hybridized carbons (Fsp3) is 0.630. The highest BCUT2D eigenvalue weighted by Gasteiger charge is 2.31. The van der Waals surface area contributed by atoms with Crippen molar-refractivity contribution in [1.29, 1.82) is 0 Å². The van der Waals surface area contributed by atoms with Crippen LogP contribution in [0.5, 0.6) is 0 Å². The van der Waals surface area contributed by atoms with E-state index in [1.807, 2.05) is 6.08 Å².